The summed E-state index contributed by atoms with van der Waals surface area (Å²) < 4.78 is 5.29. The van der Waals surface area contributed by atoms with Crippen LogP contribution >= 0.6 is 0 Å². The molecule has 0 bridgehead atoms. The Bertz CT molecular complexity index is 542. The predicted octanol–water partition coefficient (Wildman–Crippen LogP) is 2.17. The molecule has 0 spiro atoms. The van der Waals surface area contributed by atoms with Crippen LogP contribution in [0.2, 0.25) is 0 Å². The zero-order valence-corrected chi connectivity index (χ0v) is 9.97. The molecule has 1 fully saturated rings. The summed E-state index contributed by atoms with van der Waals surface area (Å²) >= 11 is 0. The molecule has 1 saturated carbocycles. The first-order valence-corrected chi connectivity index (χ1v) is 6.10. The molecule has 0 atom stereocenters. The highest BCUT2D eigenvalue weighted by Crippen LogP contribution is 2.36. The van der Waals surface area contributed by atoms with Crippen molar-refractivity contribution in [3.63, 3.8) is 0 Å². The molecular weight excluding hydrogens is 230 g/mol. The topological polar surface area (TPSA) is 85.2 Å². The van der Waals surface area contributed by atoms with Gasteiger partial charge in [0.15, 0.2) is 0 Å². The van der Waals surface area contributed by atoms with Crippen LogP contribution in [0.15, 0.2) is 28.8 Å². The van der Waals surface area contributed by atoms with E-state index in [9.17, 15) is 5.11 Å². The summed E-state index contributed by atoms with van der Waals surface area (Å²) in [5.74, 6) is 1.25. The number of hydrogen-bond donors (Lipinski definition) is 2. The van der Waals surface area contributed by atoms with E-state index in [0.29, 0.717) is 11.7 Å². The van der Waals surface area contributed by atoms with Gasteiger partial charge in [0.25, 0.3) is 0 Å². The summed E-state index contributed by atoms with van der Waals surface area (Å²) in [6.07, 6.45) is 4.00. The largest absolute Gasteiger partial charge is 0.508 e. The molecule has 0 unspecified atom stereocenters. The molecule has 1 aromatic carbocycles. The van der Waals surface area contributed by atoms with Crippen LogP contribution in [-0.2, 0) is 5.54 Å². The lowest BCUT2D eigenvalue weighted by atomic mass is 9.99. The van der Waals surface area contributed by atoms with Crippen molar-refractivity contribution in [3.8, 4) is 17.1 Å². The van der Waals surface area contributed by atoms with Crippen LogP contribution in [0.25, 0.3) is 11.4 Å². The van der Waals surface area contributed by atoms with Crippen molar-refractivity contribution in [3.05, 3.63) is 30.2 Å². The highest BCUT2D eigenvalue weighted by Gasteiger charge is 2.36. The van der Waals surface area contributed by atoms with Crippen LogP contribution in [0.1, 0.15) is 31.6 Å². The Labute approximate surface area is 105 Å². The highest BCUT2D eigenvalue weighted by atomic mass is 16.5. The number of phenols is 1. The Morgan fingerprint density at radius 1 is 1.17 bits per heavy atom. The molecule has 0 amide bonds. The molecule has 1 aliphatic rings. The van der Waals surface area contributed by atoms with Crippen molar-refractivity contribution in [1.82, 2.24) is 10.1 Å². The minimum absolute atomic E-state index is 0.216. The fraction of sp³-hybridized carbons (Fsp3) is 0.385. The second-order valence-corrected chi connectivity index (χ2v) is 4.83. The molecule has 0 aliphatic heterocycles. The van der Waals surface area contributed by atoms with Gasteiger partial charge in [-0.05, 0) is 37.1 Å². The number of aromatic hydroxyl groups is 1. The smallest absolute Gasteiger partial charge is 0.247 e. The molecule has 2 aromatic rings. The maximum atomic E-state index is 9.24. The third-order valence-electron chi connectivity index (χ3n) is 3.47. The van der Waals surface area contributed by atoms with E-state index in [2.05, 4.69) is 10.1 Å². The number of phenolic OH excluding ortho intramolecular Hbond substituents is 1. The van der Waals surface area contributed by atoms with Gasteiger partial charge in [-0.3, -0.25) is 0 Å². The summed E-state index contributed by atoms with van der Waals surface area (Å²) in [5.41, 5.74) is 6.61. The third-order valence-corrected chi connectivity index (χ3v) is 3.47. The maximum Gasteiger partial charge on any atom is 0.247 e. The lowest BCUT2D eigenvalue weighted by Gasteiger charge is -2.17. The van der Waals surface area contributed by atoms with Gasteiger partial charge in [0, 0.05) is 5.56 Å². The highest BCUT2D eigenvalue weighted by molar-refractivity contribution is 5.55. The van der Waals surface area contributed by atoms with E-state index in [1.807, 2.05) is 0 Å². The molecule has 3 rings (SSSR count). The molecule has 1 heterocycles. The van der Waals surface area contributed by atoms with Crippen molar-refractivity contribution < 1.29 is 9.63 Å². The second kappa shape index (κ2) is 4.10. The van der Waals surface area contributed by atoms with Gasteiger partial charge in [-0.1, -0.05) is 18.0 Å². The van der Waals surface area contributed by atoms with E-state index in [1.165, 1.54) is 0 Å². The molecule has 5 nitrogen and oxygen atoms in total. The maximum absolute atomic E-state index is 9.24. The molecule has 18 heavy (non-hydrogen) atoms. The predicted molar refractivity (Wildman–Crippen MR) is 65.7 cm³/mol. The Kier molecular flexibility index (Phi) is 2.56. The molecule has 5 heteroatoms. The molecule has 3 N–H and O–H groups in total. The van der Waals surface area contributed by atoms with Crippen LogP contribution in [0.5, 0.6) is 5.75 Å². The molecule has 0 radical (unpaired) electrons. The standard InChI is InChI=1S/C13H15N3O2/c14-13(7-1-2-8-13)12-15-11(16-18-12)9-3-5-10(17)6-4-9/h3-6,17H,1-2,7-8,14H2. The lowest BCUT2D eigenvalue weighted by molar-refractivity contribution is 0.285. The summed E-state index contributed by atoms with van der Waals surface area (Å²) in [6, 6.07) is 6.70. The molecular formula is C13H15N3O2. The van der Waals surface area contributed by atoms with Gasteiger partial charge in [-0.25, -0.2) is 0 Å². The van der Waals surface area contributed by atoms with Gasteiger partial charge in [0.1, 0.15) is 5.75 Å². The summed E-state index contributed by atoms with van der Waals surface area (Å²) in [4.78, 5) is 4.38. The molecule has 1 aromatic heterocycles. The van der Waals surface area contributed by atoms with Gasteiger partial charge < -0.3 is 15.4 Å². The van der Waals surface area contributed by atoms with Crippen molar-refractivity contribution >= 4 is 0 Å². The fourth-order valence-electron chi connectivity index (χ4n) is 2.37. The monoisotopic (exact) mass is 245 g/mol. The molecule has 94 valence electrons. The van der Waals surface area contributed by atoms with Gasteiger partial charge >= 0.3 is 0 Å². The third kappa shape index (κ3) is 1.86. The number of nitrogens with two attached hydrogens (primary N) is 1. The van der Waals surface area contributed by atoms with Crippen molar-refractivity contribution in [1.29, 1.82) is 0 Å². The second-order valence-electron chi connectivity index (χ2n) is 4.83. The van der Waals surface area contributed by atoms with Crippen molar-refractivity contribution in [2.24, 2.45) is 5.73 Å². The van der Waals surface area contributed by atoms with Gasteiger partial charge in [0.05, 0.1) is 5.54 Å². The SMILES string of the molecule is NC1(c2nc(-c3ccc(O)cc3)no2)CCCC1. The van der Waals surface area contributed by atoms with Crippen LogP contribution < -0.4 is 5.73 Å². The zero-order valence-electron chi connectivity index (χ0n) is 9.97. The number of hydrogen-bond acceptors (Lipinski definition) is 5. The van der Waals surface area contributed by atoms with E-state index in [1.54, 1.807) is 24.3 Å². The van der Waals surface area contributed by atoms with Crippen LogP contribution in [0.3, 0.4) is 0 Å². The van der Waals surface area contributed by atoms with Crippen molar-refractivity contribution in [2.75, 3.05) is 0 Å². The number of benzene rings is 1. The molecule has 1 aliphatic carbocycles. The van der Waals surface area contributed by atoms with Crippen LogP contribution in [-0.4, -0.2) is 15.2 Å². The number of aromatic nitrogens is 2. The fourth-order valence-corrected chi connectivity index (χ4v) is 2.37. The quantitative estimate of drug-likeness (QED) is 0.846. The minimum atomic E-state index is -0.456. The van der Waals surface area contributed by atoms with E-state index in [-0.39, 0.29) is 5.75 Å². The first kappa shape index (κ1) is 11.2. The Hall–Kier alpha value is -1.88. The van der Waals surface area contributed by atoms with E-state index in [0.717, 1.165) is 31.2 Å². The summed E-state index contributed by atoms with van der Waals surface area (Å²) in [6.45, 7) is 0. The Morgan fingerprint density at radius 3 is 2.50 bits per heavy atom. The normalized spacial score (nSPS) is 18.1. The van der Waals surface area contributed by atoms with Gasteiger partial charge in [-0.15, -0.1) is 0 Å². The van der Waals surface area contributed by atoms with Gasteiger partial charge in [-0.2, -0.15) is 4.98 Å². The van der Waals surface area contributed by atoms with Crippen molar-refractivity contribution in [2.45, 2.75) is 31.2 Å². The van der Waals surface area contributed by atoms with Crippen LogP contribution in [0, 0.1) is 0 Å². The number of rotatable bonds is 2. The Morgan fingerprint density at radius 2 is 1.83 bits per heavy atom. The zero-order chi connectivity index (χ0) is 12.6. The first-order chi connectivity index (χ1) is 8.67. The average molecular weight is 245 g/mol. The number of nitrogens with zero attached hydrogens (tertiary/aromatic N) is 2. The summed E-state index contributed by atoms with van der Waals surface area (Å²) in [7, 11) is 0. The first-order valence-electron chi connectivity index (χ1n) is 6.10. The summed E-state index contributed by atoms with van der Waals surface area (Å²) in [5, 5.41) is 13.2. The average Bonchev–Trinajstić information content (AvgIpc) is 2.99. The molecule has 0 saturated heterocycles. The Balaban J connectivity index is 1.91. The van der Waals surface area contributed by atoms with E-state index < -0.39 is 5.54 Å². The lowest BCUT2D eigenvalue weighted by Crippen LogP contribution is -2.33. The minimum Gasteiger partial charge on any atom is -0.508 e. The van der Waals surface area contributed by atoms with E-state index in [4.69, 9.17) is 10.3 Å². The van der Waals surface area contributed by atoms with E-state index >= 15 is 0 Å². The van der Waals surface area contributed by atoms with Gasteiger partial charge in [0.2, 0.25) is 11.7 Å². The van der Waals surface area contributed by atoms with Crippen LogP contribution in [0.4, 0.5) is 0 Å².